The van der Waals surface area contributed by atoms with Crippen molar-refractivity contribution in [1.29, 1.82) is 0 Å². The van der Waals surface area contributed by atoms with Crippen LogP contribution in [0.5, 0.6) is 5.75 Å². The first-order valence-electron chi connectivity index (χ1n) is 7.80. The molecule has 1 aliphatic rings. The van der Waals surface area contributed by atoms with Crippen LogP contribution in [0, 0.1) is 3.57 Å². The van der Waals surface area contributed by atoms with Crippen LogP contribution in [-0.4, -0.2) is 22.7 Å². The number of hydrogen-bond acceptors (Lipinski definition) is 4. The van der Waals surface area contributed by atoms with Crippen molar-refractivity contribution >= 4 is 51.6 Å². The number of amides is 2. The fourth-order valence-electron chi connectivity index (χ4n) is 2.44. The molecule has 6 heteroatoms. The van der Waals surface area contributed by atoms with Crippen LogP contribution in [0.3, 0.4) is 0 Å². The Morgan fingerprint density at radius 3 is 2.56 bits per heavy atom. The van der Waals surface area contributed by atoms with Gasteiger partial charge in [-0.2, -0.15) is 0 Å². The predicted molar refractivity (Wildman–Crippen MR) is 108 cm³/mol. The van der Waals surface area contributed by atoms with Crippen molar-refractivity contribution in [3.63, 3.8) is 0 Å². The molecule has 25 heavy (non-hydrogen) atoms. The summed E-state index contributed by atoms with van der Waals surface area (Å²) < 4.78 is 6.69. The third-order valence-corrected chi connectivity index (χ3v) is 5.26. The van der Waals surface area contributed by atoms with Crippen LogP contribution >= 0.6 is 34.4 Å². The van der Waals surface area contributed by atoms with Gasteiger partial charge in [-0.05, 0) is 71.1 Å². The Kier molecular flexibility index (Phi) is 5.80. The normalized spacial score (nSPS) is 15.9. The summed E-state index contributed by atoms with van der Waals surface area (Å²) >= 11 is 3.19. The number of hydrogen-bond donors (Lipinski definition) is 0. The maximum absolute atomic E-state index is 12.6. The first-order chi connectivity index (χ1) is 12.1. The fraction of sp³-hybridized carbons (Fsp3) is 0.158. The highest BCUT2D eigenvalue weighted by Crippen LogP contribution is 2.34. The first kappa shape index (κ1) is 18.0. The third kappa shape index (κ3) is 4.24. The van der Waals surface area contributed by atoms with Crippen LogP contribution in [0.2, 0.25) is 0 Å². The van der Waals surface area contributed by atoms with E-state index in [-0.39, 0.29) is 17.7 Å². The third-order valence-electron chi connectivity index (χ3n) is 3.63. The molecule has 2 aromatic carbocycles. The number of nitrogens with zero attached hydrogens (tertiary/aromatic N) is 1. The second-order valence-corrected chi connectivity index (χ2v) is 7.60. The summed E-state index contributed by atoms with van der Waals surface area (Å²) in [6.07, 6.45) is 1.73. The molecule has 0 saturated carbocycles. The van der Waals surface area contributed by atoms with Crippen molar-refractivity contribution in [3.8, 4) is 5.75 Å². The molecule has 0 aliphatic carbocycles. The first-order valence-corrected chi connectivity index (χ1v) is 9.69. The van der Waals surface area contributed by atoms with Crippen LogP contribution < -0.4 is 4.74 Å². The van der Waals surface area contributed by atoms with Gasteiger partial charge in [-0.1, -0.05) is 30.3 Å². The lowest BCUT2D eigenvalue weighted by atomic mass is 10.1. The van der Waals surface area contributed by atoms with Gasteiger partial charge in [0, 0.05) is 9.13 Å². The van der Waals surface area contributed by atoms with Crippen LogP contribution in [0.15, 0.2) is 53.4 Å². The minimum atomic E-state index is -0.264. The van der Waals surface area contributed by atoms with Gasteiger partial charge in [0.25, 0.3) is 11.1 Å². The molecule has 0 unspecified atom stereocenters. The highest BCUT2D eigenvalue weighted by molar-refractivity contribution is 14.1. The lowest BCUT2D eigenvalue weighted by molar-refractivity contribution is -0.123. The van der Waals surface area contributed by atoms with Crippen LogP contribution in [0.25, 0.3) is 6.08 Å². The van der Waals surface area contributed by atoms with E-state index >= 15 is 0 Å². The molecule has 0 aromatic heterocycles. The van der Waals surface area contributed by atoms with Gasteiger partial charge in [0.05, 0.1) is 18.1 Å². The second-order valence-electron chi connectivity index (χ2n) is 5.37. The SMILES string of the molecule is CCOc1ccccc1/C=C1/SC(=O)N(Cc2ccc(I)cc2)C1=O. The van der Waals surface area contributed by atoms with E-state index in [9.17, 15) is 9.59 Å². The molecule has 0 spiro atoms. The smallest absolute Gasteiger partial charge is 0.293 e. The minimum absolute atomic E-state index is 0.247. The molecule has 0 atom stereocenters. The van der Waals surface area contributed by atoms with Crippen molar-refractivity contribution in [2.45, 2.75) is 13.5 Å². The van der Waals surface area contributed by atoms with Crippen molar-refractivity contribution in [2.24, 2.45) is 0 Å². The molecular weight excluding hydrogens is 449 g/mol. The molecule has 3 rings (SSSR count). The number of carbonyl (C=O) groups is 2. The lowest BCUT2D eigenvalue weighted by Gasteiger charge is -2.12. The van der Waals surface area contributed by atoms with Gasteiger partial charge in [0.2, 0.25) is 0 Å². The van der Waals surface area contributed by atoms with Crippen molar-refractivity contribution in [1.82, 2.24) is 4.90 Å². The van der Waals surface area contributed by atoms with Gasteiger partial charge in [0.1, 0.15) is 5.75 Å². The number of ether oxygens (including phenoxy) is 1. The average Bonchev–Trinajstić information content (AvgIpc) is 2.86. The summed E-state index contributed by atoms with van der Waals surface area (Å²) in [5.74, 6) is 0.439. The monoisotopic (exact) mass is 465 g/mol. The Morgan fingerprint density at radius 2 is 1.84 bits per heavy atom. The van der Waals surface area contributed by atoms with Crippen molar-refractivity contribution < 1.29 is 14.3 Å². The molecule has 0 N–H and O–H groups in total. The average molecular weight is 465 g/mol. The summed E-state index contributed by atoms with van der Waals surface area (Å²) in [6.45, 7) is 2.73. The maximum atomic E-state index is 12.6. The quantitative estimate of drug-likeness (QED) is 0.465. The molecule has 0 bridgehead atoms. The Balaban J connectivity index is 1.82. The number of para-hydroxylation sites is 1. The van der Waals surface area contributed by atoms with Gasteiger partial charge in [0.15, 0.2) is 0 Å². The predicted octanol–water partition coefficient (Wildman–Crippen LogP) is 4.93. The van der Waals surface area contributed by atoms with E-state index in [0.29, 0.717) is 17.3 Å². The highest BCUT2D eigenvalue weighted by Gasteiger charge is 2.35. The van der Waals surface area contributed by atoms with Gasteiger partial charge in [-0.3, -0.25) is 14.5 Å². The number of carbonyl (C=O) groups excluding carboxylic acids is 2. The Hall–Kier alpha value is -1.80. The molecule has 2 amide bonds. The number of thioether (sulfide) groups is 1. The molecule has 1 saturated heterocycles. The number of halogens is 1. The zero-order valence-electron chi connectivity index (χ0n) is 13.6. The molecular formula is C19H16INO3S. The van der Waals surface area contributed by atoms with E-state index in [2.05, 4.69) is 22.6 Å². The second kappa shape index (κ2) is 8.05. The Morgan fingerprint density at radius 1 is 1.12 bits per heavy atom. The van der Waals surface area contributed by atoms with Crippen LogP contribution in [-0.2, 0) is 11.3 Å². The summed E-state index contributed by atoms with van der Waals surface area (Å²) in [5.41, 5.74) is 1.72. The highest BCUT2D eigenvalue weighted by atomic mass is 127. The van der Waals surface area contributed by atoms with E-state index in [0.717, 1.165) is 26.5 Å². The maximum Gasteiger partial charge on any atom is 0.293 e. The van der Waals surface area contributed by atoms with E-state index in [4.69, 9.17) is 4.74 Å². The Bertz CT molecular complexity index is 833. The standard InChI is InChI=1S/C19H16INO3S/c1-2-24-16-6-4-3-5-14(16)11-17-18(22)21(19(23)25-17)12-13-7-9-15(20)10-8-13/h3-11H,2,12H2,1H3/b17-11+. The van der Waals surface area contributed by atoms with Gasteiger partial charge >= 0.3 is 0 Å². The van der Waals surface area contributed by atoms with E-state index < -0.39 is 0 Å². The summed E-state index contributed by atoms with van der Waals surface area (Å²) in [5, 5.41) is -0.247. The van der Waals surface area contributed by atoms with E-state index in [1.165, 1.54) is 4.90 Å². The minimum Gasteiger partial charge on any atom is -0.493 e. The van der Waals surface area contributed by atoms with Gasteiger partial charge < -0.3 is 4.74 Å². The molecule has 1 heterocycles. The summed E-state index contributed by atoms with van der Waals surface area (Å²) in [6, 6.07) is 15.3. The van der Waals surface area contributed by atoms with E-state index in [1.54, 1.807) is 6.08 Å². The van der Waals surface area contributed by atoms with Crippen LogP contribution in [0.4, 0.5) is 4.79 Å². The van der Waals surface area contributed by atoms with Gasteiger partial charge in [-0.25, -0.2) is 0 Å². The fourth-order valence-corrected chi connectivity index (χ4v) is 3.63. The summed E-state index contributed by atoms with van der Waals surface area (Å²) in [7, 11) is 0. The van der Waals surface area contributed by atoms with Crippen LogP contribution in [0.1, 0.15) is 18.1 Å². The molecule has 128 valence electrons. The topological polar surface area (TPSA) is 46.6 Å². The molecule has 2 aromatic rings. The molecule has 4 nitrogen and oxygen atoms in total. The lowest BCUT2D eigenvalue weighted by Crippen LogP contribution is -2.27. The Labute approximate surface area is 164 Å². The molecule has 0 radical (unpaired) electrons. The molecule has 1 aliphatic heterocycles. The van der Waals surface area contributed by atoms with Crippen molar-refractivity contribution in [2.75, 3.05) is 6.61 Å². The van der Waals surface area contributed by atoms with Crippen molar-refractivity contribution in [3.05, 3.63) is 68.1 Å². The number of rotatable bonds is 5. The summed E-state index contributed by atoms with van der Waals surface area (Å²) in [4.78, 5) is 26.6. The van der Waals surface area contributed by atoms with E-state index in [1.807, 2.05) is 55.5 Å². The zero-order chi connectivity index (χ0) is 17.8. The largest absolute Gasteiger partial charge is 0.493 e. The van der Waals surface area contributed by atoms with Gasteiger partial charge in [-0.15, -0.1) is 0 Å². The number of imide groups is 1. The molecule has 1 fully saturated rings. The zero-order valence-corrected chi connectivity index (χ0v) is 16.5. The number of benzene rings is 2.